The van der Waals surface area contributed by atoms with Gasteiger partial charge in [0.2, 0.25) is 0 Å². The van der Waals surface area contributed by atoms with Gasteiger partial charge in [-0.1, -0.05) is 23.2 Å². The maximum Gasteiger partial charge on any atom is 0.183 e. The number of nitrogens with zero attached hydrogens (tertiary/aromatic N) is 1. The van der Waals surface area contributed by atoms with Crippen molar-refractivity contribution in [1.82, 2.24) is 0 Å². The molecule has 0 aromatic heterocycles. The minimum absolute atomic E-state index is 0.00463. The van der Waals surface area contributed by atoms with Crippen LogP contribution in [0.4, 0.5) is 0 Å². The van der Waals surface area contributed by atoms with E-state index in [2.05, 4.69) is 4.85 Å². The molecule has 0 radical (unpaired) electrons. The van der Waals surface area contributed by atoms with Gasteiger partial charge in [0.25, 0.3) is 0 Å². The molecule has 0 spiro atoms. The molecule has 0 fully saturated rings. The molecule has 0 aromatic rings. The van der Waals surface area contributed by atoms with Gasteiger partial charge in [0.1, 0.15) is 4.49 Å². The summed E-state index contributed by atoms with van der Waals surface area (Å²) in [6, 6.07) is 0. The average molecular weight is 122 g/mol. The molecule has 0 amide bonds. The van der Waals surface area contributed by atoms with Crippen molar-refractivity contribution in [2.45, 2.75) is 0 Å². The van der Waals surface area contributed by atoms with Crippen molar-refractivity contribution in [3.8, 4) is 0 Å². The van der Waals surface area contributed by atoms with Gasteiger partial charge in [0, 0.05) is 0 Å². The van der Waals surface area contributed by atoms with Crippen LogP contribution in [0.2, 0.25) is 0 Å². The Morgan fingerprint density at radius 3 is 2.17 bits per heavy atom. The highest BCUT2D eigenvalue weighted by atomic mass is 35.5. The fraction of sp³-hybridized carbons (Fsp3) is 0. The normalized spacial score (nSPS) is 6.17. The van der Waals surface area contributed by atoms with E-state index < -0.39 is 0 Å². The Morgan fingerprint density at radius 1 is 1.67 bits per heavy atom. The van der Waals surface area contributed by atoms with Crippen LogP contribution in [-0.2, 0) is 0 Å². The van der Waals surface area contributed by atoms with Crippen LogP contribution in [-0.4, -0.2) is 0 Å². The zero-order valence-corrected chi connectivity index (χ0v) is 4.29. The Balaban J connectivity index is 3.51. The summed E-state index contributed by atoms with van der Waals surface area (Å²) in [6.45, 7) is 6.11. The molecule has 32 valence electrons. The molecule has 0 aromatic carbocycles. The predicted molar refractivity (Wildman–Crippen MR) is 26.4 cm³/mol. The second kappa shape index (κ2) is 3.02. The van der Waals surface area contributed by atoms with Crippen LogP contribution in [0, 0.1) is 6.57 Å². The Morgan fingerprint density at radius 2 is 2.17 bits per heavy atom. The lowest BCUT2D eigenvalue weighted by Gasteiger charge is -1.66. The molecule has 1 nitrogen and oxygen atoms in total. The third-order valence-corrected chi connectivity index (χ3v) is 0.357. The third kappa shape index (κ3) is 3.81. The van der Waals surface area contributed by atoms with Crippen molar-refractivity contribution in [3.63, 3.8) is 0 Å². The summed E-state index contributed by atoms with van der Waals surface area (Å²) in [5.74, 6) is 0. The van der Waals surface area contributed by atoms with E-state index in [9.17, 15) is 0 Å². The van der Waals surface area contributed by atoms with Gasteiger partial charge >= 0.3 is 0 Å². The maximum atomic E-state index is 6.11. The average Bonchev–Trinajstić information content (AvgIpc) is 1.35. The Hall–Kier alpha value is -0.190. The molecule has 0 aliphatic carbocycles. The maximum absolute atomic E-state index is 6.11. The Kier molecular flexibility index (Phi) is 2.92. The first kappa shape index (κ1) is 5.81. The standard InChI is InChI=1S/C3HCl2N/c1-6-2-3(4)5/h2H. The van der Waals surface area contributed by atoms with Crippen molar-refractivity contribution in [3.05, 3.63) is 22.1 Å². The zero-order valence-electron chi connectivity index (χ0n) is 2.78. The van der Waals surface area contributed by atoms with Gasteiger partial charge in [0.05, 0.1) is 6.57 Å². The van der Waals surface area contributed by atoms with Crippen LogP contribution >= 0.6 is 23.2 Å². The van der Waals surface area contributed by atoms with E-state index in [4.69, 9.17) is 29.8 Å². The summed E-state index contributed by atoms with van der Waals surface area (Å²) in [4.78, 5) is 2.76. The molecule has 0 atom stereocenters. The third-order valence-electron chi connectivity index (χ3n) is 0.162. The van der Waals surface area contributed by atoms with Gasteiger partial charge in [-0.05, 0) is 0 Å². The first-order chi connectivity index (χ1) is 2.77. The van der Waals surface area contributed by atoms with E-state index in [-0.39, 0.29) is 4.49 Å². The highest BCUT2D eigenvalue weighted by molar-refractivity contribution is 6.55. The van der Waals surface area contributed by atoms with Gasteiger partial charge < -0.3 is 0 Å². The first-order valence-corrected chi connectivity index (χ1v) is 1.90. The molecule has 0 unspecified atom stereocenters. The molecular weight excluding hydrogens is 121 g/mol. The van der Waals surface area contributed by atoms with Gasteiger partial charge in [-0.2, -0.15) is 0 Å². The lowest BCUT2D eigenvalue weighted by Crippen LogP contribution is -1.39. The first-order valence-electron chi connectivity index (χ1n) is 1.15. The predicted octanol–water partition coefficient (Wildman–Crippen LogP) is 2.18. The SMILES string of the molecule is [C-]#[N+]C=C(Cl)Cl. The Labute approximate surface area is 46.0 Å². The van der Waals surface area contributed by atoms with Crippen LogP contribution in [0.5, 0.6) is 0 Å². The van der Waals surface area contributed by atoms with E-state index in [0.717, 1.165) is 6.20 Å². The zero-order chi connectivity index (χ0) is 4.99. The lowest BCUT2D eigenvalue weighted by atomic mass is 11.1. The van der Waals surface area contributed by atoms with Crippen molar-refractivity contribution in [1.29, 1.82) is 0 Å². The molecule has 0 heterocycles. The molecule has 0 bridgehead atoms. The van der Waals surface area contributed by atoms with Gasteiger partial charge in [-0.25, -0.2) is 4.85 Å². The molecular formula is C3HCl2N. The van der Waals surface area contributed by atoms with Crippen molar-refractivity contribution in [2.24, 2.45) is 0 Å². The van der Waals surface area contributed by atoms with Crippen LogP contribution in [0.1, 0.15) is 0 Å². The van der Waals surface area contributed by atoms with E-state index >= 15 is 0 Å². The van der Waals surface area contributed by atoms with E-state index in [1.807, 2.05) is 0 Å². The van der Waals surface area contributed by atoms with Crippen molar-refractivity contribution >= 4 is 23.2 Å². The number of rotatable bonds is 0. The molecule has 0 aliphatic rings. The summed E-state index contributed by atoms with van der Waals surface area (Å²) < 4.78 is 0.00463. The van der Waals surface area contributed by atoms with E-state index in [1.54, 1.807) is 0 Å². The number of hydrogen-bond acceptors (Lipinski definition) is 0. The molecule has 0 saturated carbocycles. The topological polar surface area (TPSA) is 4.36 Å². The number of halogens is 2. The highest BCUT2D eigenvalue weighted by Gasteiger charge is 1.73. The van der Waals surface area contributed by atoms with E-state index in [0.29, 0.717) is 0 Å². The quantitative estimate of drug-likeness (QED) is 0.433. The molecule has 3 heteroatoms. The van der Waals surface area contributed by atoms with Crippen LogP contribution in [0.25, 0.3) is 4.85 Å². The van der Waals surface area contributed by atoms with Gasteiger partial charge in [0.15, 0.2) is 6.20 Å². The van der Waals surface area contributed by atoms with Gasteiger partial charge in [-0.3, -0.25) is 0 Å². The highest BCUT2D eigenvalue weighted by Crippen LogP contribution is 2.04. The summed E-state index contributed by atoms with van der Waals surface area (Å²) in [5, 5.41) is 0. The monoisotopic (exact) mass is 121 g/mol. The lowest BCUT2D eigenvalue weighted by molar-refractivity contribution is 2.04. The largest absolute Gasteiger partial charge is 0.243 e. The smallest absolute Gasteiger partial charge is 0.183 e. The molecule has 0 saturated heterocycles. The number of hydrogen-bond donors (Lipinski definition) is 0. The fourth-order valence-corrected chi connectivity index (χ4v) is 0.146. The minimum atomic E-state index is 0.00463. The minimum Gasteiger partial charge on any atom is -0.243 e. The fourth-order valence-electron chi connectivity index (χ4n) is 0.0488. The molecule has 6 heavy (non-hydrogen) atoms. The summed E-state index contributed by atoms with van der Waals surface area (Å²) in [6.07, 6.45) is 1.03. The van der Waals surface area contributed by atoms with Gasteiger partial charge in [-0.15, -0.1) is 0 Å². The van der Waals surface area contributed by atoms with Crippen LogP contribution in [0.3, 0.4) is 0 Å². The second-order valence-electron chi connectivity index (χ2n) is 0.548. The van der Waals surface area contributed by atoms with Crippen LogP contribution in [0.15, 0.2) is 10.7 Å². The Bertz CT molecular complexity index is 95.9. The summed E-state index contributed by atoms with van der Waals surface area (Å²) in [5.41, 5.74) is 0. The second-order valence-corrected chi connectivity index (χ2v) is 1.56. The summed E-state index contributed by atoms with van der Waals surface area (Å²) >= 11 is 9.98. The summed E-state index contributed by atoms with van der Waals surface area (Å²) in [7, 11) is 0. The molecule has 0 N–H and O–H groups in total. The van der Waals surface area contributed by atoms with Crippen molar-refractivity contribution < 1.29 is 0 Å². The van der Waals surface area contributed by atoms with Crippen LogP contribution < -0.4 is 0 Å². The van der Waals surface area contributed by atoms with E-state index in [1.165, 1.54) is 0 Å². The van der Waals surface area contributed by atoms with Crippen molar-refractivity contribution in [2.75, 3.05) is 0 Å². The molecule has 0 aliphatic heterocycles. The molecule has 0 rings (SSSR count).